The van der Waals surface area contributed by atoms with Gasteiger partial charge in [0.05, 0.1) is 27.3 Å². The molecule has 2 heterocycles. The Kier molecular flexibility index (Phi) is 4.72. The van der Waals surface area contributed by atoms with Crippen LogP contribution >= 0.6 is 11.3 Å². The van der Waals surface area contributed by atoms with Gasteiger partial charge < -0.3 is 4.74 Å². The van der Waals surface area contributed by atoms with Gasteiger partial charge in [-0.15, -0.1) is 11.3 Å². The predicted octanol–water partition coefficient (Wildman–Crippen LogP) is 5.46. The Hall–Kier alpha value is -2.09. The SMILES string of the molecule is CC(C)(C)OC(=O)N1CC(C(F)(F)F)CC=C1c1ccc2scnc2c1. The molecule has 0 aliphatic carbocycles. The van der Waals surface area contributed by atoms with E-state index in [0.717, 1.165) is 15.1 Å². The van der Waals surface area contributed by atoms with E-state index in [1.165, 1.54) is 17.4 Å². The summed E-state index contributed by atoms with van der Waals surface area (Å²) in [6, 6.07) is 5.42. The van der Waals surface area contributed by atoms with Crippen molar-refractivity contribution in [3.8, 4) is 0 Å². The van der Waals surface area contributed by atoms with Crippen LogP contribution in [0.2, 0.25) is 0 Å². The molecule has 0 N–H and O–H groups in total. The topological polar surface area (TPSA) is 42.4 Å². The van der Waals surface area contributed by atoms with E-state index in [0.29, 0.717) is 11.3 Å². The number of halogens is 3. The average Bonchev–Trinajstić information content (AvgIpc) is 2.99. The number of fused-ring (bicyclic) bond motifs is 1. The van der Waals surface area contributed by atoms with Crippen molar-refractivity contribution in [2.45, 2.75) is 39.0 Å². The number of carbonyl (C=O) groups excluding carboxylic acids is 1. The van der Waals surface area contributed by atoms with Crippen LogP contribution in [0, 0.1) is 5.92 Å². The van der Waals surface area contributed by atoms with E-state index >= 15 is 0 Å². The summed E-state index contributed by atoms with van der Waals surface area (Å²) in [5, 5.41) is 0. The molecule has 2 aromatic rings. The second-order valence-electron chi connectivity index (χ2n) is 7.19. The van der Waals surface area contributed by atoms with Crippen LogP contribution in [-0.4, -0.2) is 34.3 Å². The maximum atomic E-state index is 13.2. The van der Waals surface area contributed by atoms with Crippen molar-refractivity contribution in [2.24, 2.45) is 5.92 Å². The lowest BCUT2D eigenvalue weighted by Gasteiger charge is -2.35. The van der Waals surface area contributed by atoms with E-state index < -0.39 is 30.3 Å². The molecular weight excluding hydrogens is 365 g/mol. The van der Waals surface area contributed by atoms with Crippen LogP contribution in [0.3, 0.4) is 0 Å². The number of alkyl halides is 3. The molecule has 1 amide bonds. The second kappa shape index (κ2) is 6.57. The summed E-state index contributed by atoms with van der Waals surface area (Å²) in [5.41, 5.74) is 2.72. The highest BCUT2D eigenvalue weighted by atomic mass is 32.1. The predicted molar refractivity (Wildman–Crippen MR) is 94.7 cm³/mol. The Labute approximate surface area is 153 Å². The fourth-order valence-electron chi connectivity index (χ4n) is 2.78. The summed E-state index contributed by atoms with van der Waals surface area (Å²) in [7, 11) is 0. The van der Waals surface area contributed by atoms with Crippen LogP contribution in [0.15, 0.2) is 29.8 Å². The lowest BCUT2D eigenvalue weighted by molar-refractivity contribution is -0.176. The Bertz CT molecular complexity index is 852. The van der Waals surface area contributed by atoms with Gasteiger partial charge >= 0.3 is 12.3 Å². The van der Waals surface area contributed by atoms with Crippen LogP contribution in [0.25, 0.3) is 15.9 Å². The zero-order valence-electron chi connectivity index (χ0n) is 14.6. The molecule has 0 radical (unpaired) electrons. The summed E-state index contributed by atoms with van der Waals surface area (Å²) < 4.78 is 45.9. The third-order valence-electron chi connectivity index (χ3n) is 3.99. The first-order chi connectivity index (χ1) is 12.0. The minimum Gasteiger partial charge on any atom is -0.443 e. The van der Waals surface area contributed by atoms with E-state index in [1.807, 2.05) is 6.07 Å². The van der Waals surface area contributed by atoms with Gasteiger partial charge in [-0.1, -0.05) is 12.1 Å². The van der Waals surface area contributed by atoms with Gasteiger partial charge in [-0.3, -0.25) is 4.90 Å². The van der Waals surface area contributed by atoms with E-state index in [9.17, 15) is 18.0 Å². The van der Waals surface area contributed by atoms with E-state index in [4.69, 9.17) is 4.74 Å². The highest BCUT2D eigenvalue weighted by Gasteiger charge is 2.44. The smallest absolute Gasteiger partial charge is 0.414 e. The Balaban J connectivity index is 1.98. The van der Waals surface area contributed by atoms with E-state index in [-0.39, 0.29) is 6.42 Å². The summed E-state index contributed by atoms with van der Waals surface area (Å²) in [6.45, 7) is 4.59. The molecule has 0 fully saturated rings. The summed E-state index contributed by atoms with van der Waals surface area (Å²) >= 11 is 1.48. The summed E-state index contributed by atoms with van der Waals surface area (Å²) in [6.07, 6.45) is -3.87. The minimum atomic E-state index is -4.37. The molecule has 1 unspecified atom stereocenters. The first kappa shape index (κ1) is 18.7. The van der Waals surface area contributed by atoms with Crippen molar-refractivity contribution in [1.82, 2.24) is 9.88 Å². The third-order valence-corrected chi connectivity index (χ3v) is 4.80. The van der Waals surface area contributed by atoms with Crippen LogP contribution < -0.4 is 0 Å². The molecule has 1 aliphatic heterocycles. The average molecular weight is 384 g/mol. The fraction of sp³-hybridized carbons (Fsp3) is 0.444. The normalized spacial score (nSPS) is 18.8. The number of benzene rings is 1. The quantitative estimate of drug-likeness (QED) is 0.656. The molecule has 0 bridgehead atoms. The van der Waals surface area contributed by atoms with Gasteiger partial charge in [-0.25, -0.2) is 9.78 Å². The van der Waals surface area contributed by atoms with Gasteiger partial charge in [-0.2, -0.15) is 13.2 Å². The molecule has 1 aromatic carbocycles. The monoisotopic (exact) mass is 384 g/mol. The molecule has 1 aromatic heterocycles. The van der Waals surface area contributed by atoms with Gasteiger partial charge in [-0.05, 0) is 39.3 Å². The van der Waals surface area contributed by atoms with Crippen LogP contribution in [0.1, 0.15) is 32.8 Å². The Morgan fingerprint density at radius 3 is 2.69 bits per heavy atom. The molecule has 26 heavy (non-hydrogen) atoms. The van der Waals surface area contributed by atoms with Crippen molar-refractivity contribution in [2.75, 3.05) is 6.54 Å². The van der Waals surface area contributed by atoms with Gasteiger partial charge in [0.15, 0.2) is 0 Å². The molecule has 8 heteroatoms. The number of nitrogens with zero attached hydrogens (tertiary/aromatic N) is 2. The highest BCUT2D eigenvalue weighted by Crippen LogP contribution is 2.38. The first-order valence-electron chi connectivity index (χ1n) is 8.15. The van der Waals surface area contributed by atoms with Crippen molar-refractivity contribution in [3.63, 3.8) is 0 Å². The number of allylic oxidation sites excluding steroid dienone is 1. The maximum Gasteiger partial charge on any atom is 0.414 e. The first-order valence-corrected chi connectivity index (χ1v) is 9.03. The number of hydrogen-bond acceptors (Lipinski definition) is 4. The molecule has 1 atom stereocenters. The minimum absolute atomic E-state index is 0.173. The number of aromatic nitrogens is 1. The summed E-state index contributed by atoms with van der Waals surface area (Å²) in [4.78, 5) is 17.9. The van der Waals surface area contributed by atoms with Crippen molar-refractivity contribution < 1.29 is 22.7 Å². The number of rotatable bonds is 1. The van der Waals surface area contributed by atoms with Gasteiger partial charge in [0.2, 0.25) is 0 Å². The van der Waals surface area contributed by atoms with E-state index in [2.05, 4.69) is 4.98 Å². The lowest BCUT2D eigenvalue weighted by Crippen LogP contribution is -2.43. The Morgan fingerprint density at radius 1 is 1.31 bits per heavy atom. The van der Waals surface area contributed by atoms with Gasteiger partial charge in [0, 0.05) is 12.1 Å². The molecule has 1 aliphatic rings. The van der Waals surface area contributed by atoms with Crippen LogP contribution in [0.5, 0.6) is 0 Å². The zero-order chi connectivity index (χ0) is 19.1. The molecule has 0 spiro atoms. The van der Waals surface area contributed by atoms with Gasteiger partial charge in [0.25, 0.3) is 0 Å². The highest BCUT2D eigenvalue weighted by molar-refractivity contribution is 7.16. The maximum absolute atomic E-state index is 13.2. The number of ether oxygens (including phenoxy) is 1. The summed E-state index contributed by atoms with van der Waals surface area (Å²) in [5.74, 6) is -1.61. The largest absolute Gasteiger partial charge is 0.443 e. The molecule has 140 valence electrons. The van der Waals surface area contributed by atoms with Gasteiger partial charge in [0.1, 0.15) is 5.60 Å². The zero-order valence-corrected chi connectivity index (χ0v) is 15.4. The van der Waals surface area contributed by atoms with Crippen molar-refractivity contribution in [1.29, 1.82) is 0 Å². The Morgan fingerprint density at radius 2 is 2.04 bits per heavy atom. The molecule has 0 saturated heterocycles. The number of thiazole rings is 1. The van der Waals surface area contributed by atoms with Crippen molar-refractivity contribution in [3.05, 3.63) is 35.3 Å². The van der Waals surface area contributed by atoms with Crippen LogP contribution in [0.4, 0.5) is 18.0 Å². The van der Waals surface area contributed by atoms with E-state index in [1.54, 1.807) is 38.4 Å². The van der Waals surface area contributed by atoms with Crippen LogP contribution in [-0.2, 0) is 4.74 Å². The van der Waals surface area contributed by atoms with Crippen molar-refractivity contribution >= 4 is 33.3 Å². The second-order valence-corrected chi connectivity index (χ2v) is 8.08. The number of amides is 1. The molecule has 0 saturated carbocycles. The molecular formula is C18H19F3N2O2S. The standard InChI is InChI=1S/C18H19F3N2O2S/c1-17(2,3)25-16(24)23-9-12(18(19,20)21)5-6-14(23)11-4-7-15-13(8-11)22-10-26-15/h4,6-8,10,12H,5,9H2,1-3H3. The third kappa shape index (κ3) is 4.00. The number of carbonyl (C=O) groups is 1. The molecule has 4 nitrogen and oxygen atoms in total. The number of hydrogen-bond donors (Lipinski definition) is 0. The fourth-order valence-corrected chi connectivity index (χ4v) is 3.43. The molecule has 3 rings (SSSR count). The lowest BCUT2D eigenvalue weighted by atomic mass is 9.96.